The van der Waals surface area contributed by atoms with Crippen LogP contribution in [-0.4, -0.2) is 25.6 Å². The number of benzene rings is 2. The van der Waals surface area contributed by atoms with Gasteiger partial charge in [-0.1, -0.05) is 47.5 Å². The molecule has 0 spiro atoms. The van der Waals surface area contributed by atoms with E-state index < -0.39 is 10.0 Å². The Balaban J connectivity index is 1.74. The number of anilines is 1. The largest absolute Gasteiger partial charge is 0.348 e. The standard InChI is InChI=1S/C21H19Cl2N3O3S/c1-30(28,29)26(14-17-4-2-6-19(22)20(17)23)18-9-7-15(8-10-18)12-25-21(27)16-5-3-11-24-13-16/h2-11,13H,12,14H2,1H3,(H,25,27). The summed E-state index contributed by atoms with van der Waals surface area (Å²) in [6, 6.07) is 15.4. The summed E-state index contributed by atoms with van der Waals surface area (Å²) in [5, 5.41) is 3.49. The molecule has 0 aliphatic carbocycles. The third kappa shape index (κ3) is 5.50. The lowest BCUT2D eigenvalue weighted by Gasteiger charge is -2.23. The number of hydrogen-bond donors (Lipinski definition) is 1. The molecular formula is C21H19Cl2N3O3S. The second-order valence-electron chi connectivity index (χ2n) is 6.57. The Morgan fingerprint density at radius 2 is 1.80 bits per heavy atom. The van der Waals surface area contributed by atoms with Gasteiger partial charge in [0.2, 0.25) is 10.0 Å². The van der Waals surface area contributed by atoms with Crippen LogP contribution in [0.2, 0.25) is 10.0 Å². The molecule has 0 aliphatic heterocycles. The molecule has 30 heavy (non-hydrogen) atoms. The van der Waals surface area contributed by atoms with Crippen molar-refractivity contribution in [3.63, 3.8) is 0 Å². The number of aromatic nitrogens is 1. The van der Waals surface area contributed by atoms with E-state index in [0.29, 0.717) is 33.4 Å². The molecule has 6 nitrogen and oxygen atoms in total. The van der Waals surface area contributed by atoms with Gasteiger partial charge in [-0.2, -0.15) is 0 Å². The molecule has 1 heterocycles. The first kappa shape index (κ1) is 22.1. The number of pyridine rings is 1. The van der Waals surface area contributed by atoms with Crippen molar-refractivity contribution in [3.8, 4) is 0 Å². The number of sulfonamides is 1. The fraction of sp³-hybridized carbons (Fsp3) is 0.143. The molecule has 1 aromatic heterocycles. The van der Waals surface area contributed by atoms with Gasteiger partial charge in [0.1, 0.15) is 0 Å². The van der Waals surface area contributed by atoms with Gasteiger partial charge in [0.15, 0.2) is 0 Å². The van der Waals surface area contributed by atoms with Gasteiger partial charge in [-0.05, 0) is 41.5 Å². The summed E-state index contributed by atoms with van der Waals surface area (Å²) in [4.78, 5) is 16.0. The summed E-state index contributed by atoms with van der Waals surface area (Å²) in [6.07, 6.45) is 4.22. The molecule has 1 N–H and O–H groups in total. The number of amides is 1. The van der Waals surface area contributed by atoms with Crippen molar-refractivity contribution in [2.45, 2.75) is 13.1 Å². The number of carbonyl (C=O) groups excluding carboxylic acids is 1. The molecule has 156 valence electrons. The van der Waals surface area contributed by atoms with Crippen molar-refractivity contribution in [1.29, 1.82) is 0 Å². The molecule has 0 atom stereocenters. The van der Waals surface area contributed by atoms with Gasteiger partial charge in [-0.15, -0.1) is 0 Å². The first-order chi connectivity index (χ1) is 14.3. The van der Waals surface area contributed by atoms with Gasteiger partial charge in [0, 0.05) is 18.9 Å². The minimum Gasteiger partial charge on any atom is -0.348 e. The third-order valence-corrected chi connectivity index (χ3v) is 6.35. The van der Waals surface area contributed by atoms with Gasteiger partial charge in [0.05, 0.1) is 34.1 Å². The molecule has 0 saturated carbocycles. The maximum atomic E-state index is 12.4. The molecule has 0 bridgehead atoms. The van der Waals surface area contributed by atoms with Crippen molar-refractivity contribution >= 4 is 44.8 Å². The van der Waals surface area contributed by atoms with E-state index in [4.69, 9.17) is 23.2 Å². The molecule has 1 amide bonds. The van der Waals surface area contributed by atoms with Gasteiger partial charge < -0.3 is 5.32 Å². The first-order valence-electron chi connectivity index (χ1n) is 8.93. The zero-order chi connectivity index (χ0) is 21.7. The molecule has 0 radical (unpaired) electrons. The van der Waals surface area contributed by atoms with Gasteiger partial charge in [-0.3, -0.25) is 14.1 Å². The van der Waals surface area contributed by atoms with E-state index >= 15 is 0 Å². The lowest BCUT2D eigenvalue weighted by molar-refractivity contribution is 0.0950. The smallest absolute Gasteiger partial charge is 0.253 e. The minimum absolute atomic E-state index is 0.0509. The quantitative estimate of drug-likeness (QED) is 0.566. The van der Waals surface area contributed by atoms with Crippen molar-refractivity contribution in [1.82, 2.24) is 10.3 Å². The SMILES string of the molecule is CS(=O)(=O)N(Cc1cccc(Cl)c1Cl)c1ccc(CNC(=O)c2cccnc2)cc1. The zero-order valence-electron chi connectivity index (χ0n) is 16.0. The Morgan fingerprint density at radius 3 is 2.43 bits per heavy atom. The van der Waals surface area contributed by atoms with Crippen LogP contribution in [0.3, 0.4) is 0 Å². The molecule has 0 fully saturated rings. The van der Waals surface area contributed by atoms with Crippen LogP contribution >= 0.6 is 23.2 Å². The second-order valence-corrected chi connectivity index (χ2v) is 9.27. The highest BCUT2D eigenvalue weighted by atomic mass is 35.5. The van der Waals surface area contributed by atoms with E-state index in [1.54, 1.807) is 60.8 Å². The van der Waals surface area contributed by atoms with Gasteiger partial charge in [-0.25, -0.2) is 8.42 Å². The van der Waals surface area contributed by atoms with Gasteiger partial charge >= 0.3 is 0 Å². The normalized spacial score (nSPS) is 11.2. The molecule has 0 unspecified atom stereocenters. The molecular weight excluding hydrogens is 445 g/mol. The summed E-state index contributed by atoms with van der Waals surface area (Å²) in [5.74, 6) is -0.236. The van der Waals surface area contributed by atoms with Crippen LogP contribution < -0.4 is 9.62 Å². The number of carbonyl (C=O) groups is 1. The number of rotatable bonds is 7. The summed E-state index contributed by atoms with van der Waals surface area (Å²) in [6.45, 7) is 0.350. The molecule has 3 aromatic rings. The summed E-state index contributed by atoms with van der Waals surface area (Å²) in [5.41, 5.74) is 2.37. The van der Waals surface area contributed by atoms with Crippen molar-refractivity contribution in [2.24, 2.45) is 0 Å². The maximum Gasteiger partial charge on any atom is 0.253 e. The highest BCUT2D eigenvalue weighted by Crippen LogP contribution is 2.29. The third-order valence-electron chi connectivity index (χ3n) is 4.35. The Hall–Kier alpha value is -2.61. The second kappa shape index (κ2) is 9.47. The van der Waals surface area contributed by atoms with Crippen LogP contribution in [0.4, 0.5) is 5.69 Å². The number of nitrogens with one attached hydrogen (secondary N) is 1. The lowest BCUT2D eigenvalue weighted by Crippen LogP contribution is -2.29. The lowest BCUT2D eigenvalue weighted by atomic mass is 10.1. The topological polar surface area (TPSA) is 79.4 Å². The average molecular weight is 464 g/mol. The Bertz CT molecular complexity index is 1140. The van der Waals surface area contributed by atoms with E-state index in [1.807, 2.05) is 0 Å². The summed E-state index contributed by atoms with van der Waals surface area (Å²) < 4.78 is 26.0. The number of nitrogens with zero attached hydrogens (tertiary/aromatic N) is 2. The fourth-order valence-corrected chi connectivity index (χ4v) is 4.04. The maximum absolute atomic E-state index is 12.4. The summed E-state index contributed by atoms with van der Waals surface area (Å²) in [7, 11) is -3.57. The monoisotopic (exact) mass is 463 g/mol. The van der Waals surface area contributed by atoms with Crippen molar-refractivity contribution in [2.75, 3.05) is 10.6 Å². The summed E-state index contributed by atoms with van der Waals surface area (Å²) >= 11 is 12.3. The average Bonchev–Trinajstić information content (AvgIpc) is 2.73. The van der Waals surface area contributed by atoms with Crippen LogP contribution in [0.15, 0.2) is 67.0 Å². The predicted molar refractivity (Wildman–Crippen MR) is 119 cm³/mol. The van der Waals surface area contributed by atoms with Crippen LogP contribution in [0.5, 0.6) is 0 Å². The van der Waals surface area contributed by atoms with E-state index in [2.05, 4.69) is 10.3 Å². The Kier molecular flexibility index (Phi) is 6.97. The molecule has 3 rings (SSSR count). The van der Waals surface area contributed by atoms with Crippen molar-refractivity contribution < 1.29 is 13.2 Å². The van der Waals surface area contributed by atoms with Crippen LogP contribution in [0.25, 0.3) is 0 Å². The number of halogens is 2. The predicted octanol–water partition coefficient (Wildman–Crippen LogP) is 4.28. The first-order valence-corrected chi connectivity index (χ1v) is 11.5. The van der Waals surface area contributed by atoms with Crippen molar-refractivity contribution in [3.05, 3.63) is 93.7 Å². The Labute approximate surface area is 185 Å². The fourth-order valence-electron chi connectivity index (χ4n) is 2.79. The zero-order valence-corrected chi connectivity index (χ0v) is 18.4. The van der Waals surface area contributed by atoms with Crippen LogP contribution in [-0.2, 0) is 23.1 Å². The van der Waals surface area contributed by atoms with Crippen LogP contribution in [0, 0.1) is 0 Å². The van der Waals surface area contributed by atoms with Gasteiger partial charge in [0.25, 0.3) is 5.91 Å². The highest BCUT2D eigenvalue weighted by Gasteiger charge is 2.20. The van der Waals surface area contributed by atoms with E-state index in [9.17, 15) is 13.2 Å². The van der Waals surface area contributed by atoms with E-state index in [0.717, 1.165) is 11.8 Å². The highest BCUT2D eigenvalue weighted by molar-refractivity contribution is 7.92. The van der Waals surface area contributed by atoms with E-state index in [-0.39, 0.29) is 12.5 Å². The van der Waals surface area contributed by atoms with Crippen LogP contribution in [0.1, 0.15) is 21.5 Å². The molecule has 0 aliphatic rings. The molecule has 2 aromatic carbocycles. The Morgan fingerprint density at radius 1 is 1.07 bits per heavy atom. The molecule has 9 heteroatoms. The number of hydrogen-bond acceptors (Lipinski definition) is 4. The minimum atomic E-state index is -3.57. The van der Waals surface area contributed by atoms with E-state index in [1.165, 1.54) is 10.5 Å². The molecule has 0 saturated heterocycles.